The Balaban J connectivity index is 1.43. The summed E-state index contributed by atoms with van der Waals surface area (Å²) in [6, 6.07) is 9.82. The number of rotatable bonds is 8. The highest BCUT2D eigenvalue weighted by molar-refractivity contribution is 5.90. The van der Waals surface area contributed by atoms with Crippen molar-refractivity contribution in [1.29, 1.82) is 0 Å². The van der Waals surface area contributed by atoms with Crippen molar-refractivity contribution in [3.63, 3.8) is 0 Å². The van der Waals surface area contributed by atoms with Gasteiger partial charge in [-0.15, -0.1) is 0 Å². The molecule has 3 N–H and O–H groups in total. The fraction of sp³-hybridized carbons (Fsp3) is 0.476. The first kappa shape index (κ1) is 21.8. The smallest absolute Gasteiger partial charge is 0.225 e. The molecule has 1 saturated heterocycles. The second-order valence-electron chi connectivity index (χ2n) is 7.18. The number of hydrogen-bond donors (Lipinski definition) is 3. The van der Waals surface area contributed by atoms with Crippen LogP contribution in [0.5, 0.6) is 0 Å². The molecule has 162 valence electrons. The van der Waals surface area contributed by atoms with Gasteiger partial charge in [-0.25, -0.2) is 0 Å². The van der Waals surface area contributed by atoms with Gasteiger partial charge >= 0.3 is 0 Å². The maximum absolute atomic E-state index is 12.3. The Hall–Kier alpha value is -2.91. The van der Waals surface area contributed by atoms with Gasteiger partial charge in [-0.2, -0.15) is 5.10 Å². The van der Waals surface area contributed by atoms with E-state index >= 15 is 0 Å². The predicted octanol–water partition coefficient (Wildman–Crippen LogP) is 0.946. The molecule has 0 aliphatic carbocycles. The van der Waals surface area contributed by atoms with Crippen molar-refractivity contribution < 1.29 is 9.53 Å². The summed E-state index contributed by atoms with van der Waals surface area (Å²) in [6.07, 6.45) is 2.25. The molecule has 0 atom stereocenters. The summed E-state index contributed by atoms with van der Waals surface area (Å²) in [5.74, 6) is 0.733. The van der Waals surface area contributed by atoms with Gasteiger partial charge in [0.15, 0.2) is 5.96 Å². The summed E-state index contributed by atoms with van der Waals surface area (Å²) in [6.45, 7) is 5.27. The van der Waals surface area contributed by atoms with Crippen molar-refractivity contribution in [3.05, 3.63) is 47.8 Å². The van der Waals surface area contributed by atoms with Crippen molar-refractivity contribution in [2.45, 2.75) is 19.5 Å². The zero-order valence-corrected chi connectivity index (χ0v) is 17.7. The third-order valence-corrected chi connectivity index (χ3v) is 5.01. The van der Waals surface area contributed by atoms with E-state index in [2.05, 4.69) is 30.9 Å². The maximum Gasteiger partial charge on any atom is 0.225 e. The first-order valence-corrected chi connectivity index (χ1v) is 10.2. The van der Waals surface area contributed by atoms with Crippen LogP contribution in [0.25, 0.3) is 0 Å². The van der Waals surface area contributed by atoms with E-state index in [-0.39, 0.29) is 5.91 Å². The molecule has 2 heterocycles. The minimum Gasteiger partial charge on any atom is -0.379 e. The number of aliphatic imine (C=N–C) groups is 1. The number of carbonyl (C=O) groups excluding carboxylic acids is 1. The van der Waals surface area contributed by atoms with Crippen LogP contribution >= 0.6 is 0 Å². The molecule has 9 heteroatoms. The quantitative estimate of drug-likeness (QED) is 0.441. The van der Waals surface area contributed by atoms with E-state index in [1.807, 2.05) is 42.1 Å². The van der Waals surface area contributed by atoms with E-state index in [4.69, 9.17) is 4.74 Å². The van der Waals surface area contributed by atoms with Crippen LogP contribution in [0.4, 0.5) is 5.69 Å². The highest BCUT2D eigenvalue weighted by atomic mass is 16.5. The van der Waals surface area contributed by atoms with Gasteiger partial charge in [0, 0.05) is 58.6 Å². The van der Waals surface area contributed by atoms with Gasteiger partial charge in [-0.3, -0.25) is 19.4 Å². The van der Waals surface area contributed by atoms with E-state index in [1.54, 1.807) is 13.2 Å². The van der Waals surface area contributed by atoms with Crippen LogP contribution in [0.2, 0.25) is 0 Å². The normalized spacial score (nSPS) is 15.1. The van der Waals surface area contributed by atoms with Gasteiger partial charge in [0.1, 0.15) is 0 Å². The summed E-state index contributed by atoms with van der Waals surface area (Å²) >= 11 is 0. The fourth-order valence-corrected chi connectivity index (χ4v) is 3.22. The van der Waals surface area contributed by atoms with Gasteiger partial charge in [-0.1, -0.05) is 12.1 Å². The van der Waals surface area contributed by atoms with Gasteiger partial charge in [0.05, 0.1) is 25.5 Å². The SMILES string of the molecule is CN=C(NCc1cccc(NC(=O)CCN2CCOCC2)c1)NCc1ccnn1C. The number of amides is 1. The van der Waals surface area contributed by atoms with Gasteiger partial charge in [-0.05, 0) is 23.8 Å². The molecule has 1 aromatic carbocycles. The molecule has 0 bridgehead atoms. The molecule has 30 heavy (non-hydrogen) atoms. The number of morpholine rings is 1. The van der Waals surface area contributed by atoms with Crippen molar-refractivity contribution >= 4 is 17.6 Å². The zero-order valence-electron chi connectivity index (χ0n) is 17.7. The number of aromatic nitrogens is 2. The third kappa shape index (κ3) is 6.85. The lowest BCUT2D eigenvalue weighted by molar-refractivity contribution is -0.116. The molecule has 1 aliphatic heterocycles. The van der Waals surface area contributed by atoms with Crippen LogP contribution < -0.4 is 16.0 Å². The summed E-state index contributed by atoms with van der Waals surface area (Å²) in [4.78, 5) is 18.8. The number of nitrogens with one attached hydrogen (secondary N) is 3. The number of aryl methyl sites for hydroxylation is 1. The number of guanidine groups is 1. The molecule has 0 spiro atoms. The van der Waals surface area contributed by atoms with Gasteiger partial charge in [0.2, 0.25) is 5.91 Å². The number of ether oxygens (including phenoxy) is 1. The zero-order chi connectivity index (χ0) is 21.2. The highest BCUT2D eigenvalue weighted by Gasteiger charge is 2.12. The average molecular weight is 414 g/mol. The standard InChI is InChI=1S/C21H31N7O2/c1-22-21(24-16-19-6-8-25-27(19)2)23-15-17-4-3-5-18(14-17)26-20(29)7-9-28-10-12-30-13-11-28/h3-6,8,14H,7,9-13,15-16H2,1-2H3,(H,26,29)(H2,22,23,24). The van der Waals surface area contributed by atoms with E-state index in [0.717, 1.165) is 49.8 Å². The second kappa shape index (κ2) is 11.3. The van der Waals surface area contributed by atoms with Crippen LogP contribution in [0.1, 0.15) is 17.7 Å². The molecule has 0 unspecified atom stereocenters. The second-order valence-corrected chi connectivity index (χ2v) is 7.18. The third-order valence-electron chi connectivity index (χ3n) is 5.01. The molecule has 0 saturated carbocycles. The van der Waals surface area contributed by atoms with Crippen molar-refractivity contribution in [3.8, 4) is 0 Å². The molecular weight excluding hydrogens is 382 g/mol. The topological polar surface area (TPSA) is 95.8 Å². The summed E-state index contributed by atoms with van der Waals surface area (Å²) in [5.41, 5.74) is 2.93. The largest absolute Gasteiger partial charge is 0.379 e. The molecular formula is C21H31N7O2. The van der Waals surface area contributed by atoms with Crippen LogP contribution in [-0.4, -0.2) is 66.4 Å². The number of carbonyl (C=O) groups is 1. The number of anilines is 1. The Labute approximate surface area is 177 Å². The minimum atomic E-state index is 0.0280. The first-order valence-electron chi connectivity index (χ1n) is 10.2. The van der Waals surface area contributed by atoms with E-state index in [1.165, 1.54) is 0 Å². The fourth-order valence-electron chi connectivity index (χ4n) is 3.22. The Kier molecular flexibility index (Phi) is 8.22. The Bertz CT molecular complexity index is 843. The molecule has 1 aromatic heterocycles. The molecule has 2 aromatic rings. The molecule has 1 fully saturated rings. The lowest BCUT2D eigenvalue weighted by Gasteiger charge is -2.26. The molecule has 1 amide bonds. The number of nitrogens with zero attached hydrogens (tertiary/aromatic N) is 4. The summed E-state index contributed by atoms with van der Waals surface area (Å²) in [7, 11) is 3.65. The first-order chi connectivity index (χ1) is 14.6. The summed E-state index contributed by atoms with van der Waals surface area (Å²) in [5, 5.41) is 13.7. The van der Waals surface area contributed by atoms with Crippen molar-refractivity contribution in [2.24, 2.45) is 12.0 Å². The summed E-state index contributed by atoms with van der Waals surface area (Å²) < 4.78 is 7.16. The Morgan fingerprint density at radius 2 is 2.00 bits per heavy atom. The monoisotopic (exact) mass is 413 g/mol. The number of hydrogen-bond acceptors (Lipinski definition) is 5. The van der Waals surface area contributed by atoms with Crippen molar-refractivity contribution in [2.75, 3.05) is 45.2 Å². The Morgan fingerprint density at radius 3 is 2.73 bits per heavy atom. The lowest BCUT2D eigenvalue weighted by atomic mass is 10.2. The lowest BCUT2D eigenvalue weighted by Crippen LogP contribution is -2.38. The van der Waals surface area contributed by atoms with Crippen molar-refractivity contribution in [1.82, 2.24) is 25.3 Å². The van der Waals surface area contributed by atoms with E-state index in [9.17, 15) is 4.79 Å². The molecule has 3 rings (SSSR count). The van der Waals surface area contributed by atoms with Gasteiger partial charge < -0.3 is 20.7 Å². The van der Waals surface area contributed by atoms with Crippen LogP contribution in [0.3, 0.4) is 0 Å². The van der Waals surface area contributed by atoms with Crippen LogP contribution in [0, 0.1) is 0 Å². The highest BCUT2D eigenvalue weighted by Crippen LogP contribution is 2.11. The van der Waals surface area contributed by atoms with E-state index < -0.39 is 0 Å². The Morgan fingerprint density at radius 1 is 1.20 bits per heavy atom. The number of benzene rings is 1. The van der Waals surface area contributed by atoms with E-state index in [0.29, 0.717) is 25.5 Å². The predicted molar refractivity (Wildman–Crippen MR) is 117 cm³/mol. The molecule has 1 aliphatic rings. The molecule has 9 nitrogen and oxygen atoms in total. The maximum atomic E-state index is 12.3. The minimum absolute atomic E-state index is 0.0280. The van der Waals surface area contributed by atoms with Gasteiger partial charge in [0.25, 0.3) is 0 Å². The van der Waals surface area contributed by atoms with Crippen LogP contribution in [0.15, 0.2) is 41.5 Å². The molecule has 0 radical (unpaired) electrons. The average Bonchev–Trinajstić information content (AvgIpc) is 3.18. The van der Waals surface area contributed by atoms with Crippen LogP contribution in [-0.2, 0) is 29.7 Å².